The highest BCUT2D eigenvalue weighted by Gasteiger charge is 2.26. The number of benzene rings is 1. The summed E-state index contributed by atoms with van der Waals surface area (Å²) in [6.07, 6.45) is 1.35. The maximum atomic E-state index is 12.6. The molecule has 3 rings (SSSR count). The van der Waals surface area contributed by atoms with Crippen molar-refractivity contribution in [2.75, 3.05) is 39.4 Å². The molecule has 6 nitrogen and oxygen atoms in total. The number of hydrogen-bond donors (Lipinski definition) is 0. The highest BCUT2D eigenvalue weighted by molar-refractivity contribution is 9.15. The Bertz CT molecular complexity index is 767. The molecule has 0 unspecified atom stereocenters. The minimum absolute atomic E-state index is 0.0503. The molecular formula is C22H29BrN2O4. The summed E-state index contributed by atoms with van der Waals surface area (Å²) < 4.78 is 11.8. The highest BCUT2D eigenvalue weighted by Crippen LogP contribution is 2.32. The summed E-state index contributed by atoms with van der Waals surface area (Å²) in [7, 11) is 0. The number of nitrogens with zero attached hydrogens (tertiary/aromatic N) is 2. The molecule has 2 amide bonds. The molecule has 0 aliphatic carbocycles. The first-order valence-electron chi connectivity index (χ1n) is 10.1. The second kappa shape index (κ2) is 9.30. The Morgan fingerprint density at radius 3 is 2.03 bits per heavy atom. The average molecular weight is 465 g/mol. The van der Waals surface area contributed by atoms with E-state index in [-0.39, 0.29) is 12.0 Å². The van der Waals surface area contributed by atoms with Gasteiger partial charge in [-0.25, -0.2) is 4.79 Å². The predicted octanol–water partition coefficient (Wildman–Crippen LogP) is 4.30. The quantitative estimate of drug-likeness (QED) is 0.654. The lowest BCUT2D eigenvalue weighted by molar-refractivity contribution is 0.0236. The number of rotatable bonds is 2. The van der Waals surface area contributed by atoms with E-state index in [0.29, 0.717) is 45.0 Å². The number of piperidine rings is 1. The third-order valence-corrected chi connectivity index (χ3v) is 6.03. The van der Waals surface area contributed by atoms with E-state index in [1.54, 1.807) is 4.90 Å². The minimum atomic E-state index is -0.478. The van der Waals surface area contributed by atoms with Crippen LogP contribution in [0.25, 0.3) is 4.48 Å². The van der Waals surface area contributed by atoms with Gasteiger partial charge in [0.1, 0.15) is 5.60 Å². The highest BCUT2D eigenvalue weighted by atomic mass is 79.9. The summed E-state index contributed by atoms with van der Waals surface area (Å²) in [6, 6.07) is 7.71. The van der Waals surface area contributed by atoms with Crippen LogP contribution in [0.15, 0.2) is 29.8 Å². The van der Waals surface area contributed by atoms with Gasteiger partial charge in [0.05, 0.1) is 13.2 Å². The van der Waals surface area contributed by atoms with Crippen LogP contribution in [0.5, 0.6) is 0 Å². The van der Waals surface area contributed by atoms with Crippen LogP contribution in [0.3, 0.4) is 0 Å². The van der Waals surface area contributed by atoms with Gasteiger partial charge < -0.3 is 19.3 Å². The summed E-state index contributed by atoms with van der Waals surface area (Å²) in [5.74, 6) is 0.0503. The van der Waals surface area contributed by atoms with E-state index in [2.05, 4.69) is 15.9 Å². The van der Waals surface area contributed by atoms with Crippen LogP contribution in [0.1, 0.15) is 49.5 Å². The number of halogens is 1. The standard InChI is InChI=1S/C22H29BrN2O4/c1-22(2,3)29-21(27)25-10-8-17(9-11-25)19(23)16-4-6-18(7-5-16)20(26)24-12-14-28-15-13-24/h4-7H,8-15H2,1-3H3. The van der Waals surface area contributed by atoms with E-state index in [1.807, 2.05) is 49.9 Å². The lowest BCUT2D eigenvalue weighted by Gasteiger charge is -2.31. The molecule has 0 radical (unpaired) electrons. The van der Waals surface area contributed by atoms with Crippen LogP contribution in [0.2, 0.25) is 0 Å². The molecule has 158 valence electrons. The van der Waals surface area contributed by atoms with Crippen molar-refractivity contribution in [3.8, 4) is 0 Å². The van der Waals surface area contributed by atoms with E-state index >= 15 is 0 Å². The van der Waals surface area contributed by atoms with E-state index < -0.39 is 5.60 Å². The van der Waals surface area contributed by atoms with Gasteiger partial charge in [0.2, 0.25) is 0 Å². The van der Waals surface area contributed by atoms with Gasteiger partial charge in [0.15, 0.2) is 0 Å². The zero-order chi connectivity index (χ0) is 21.0. The predicted molar refractivity (Wildman–Crippen MR) is 116 cm³/mol. The van der Waals surface area contributed by atoms with Crippen LogP contribution in [0.4, 0.5) is 4.79 Å². The van der Waals surface area contributed by atoms with Gasteiger partial charge >= 0.3 is 6.09 Å². The van der Waals surface area contributed by atoms with E-state index in [9.17, 15) is 9.59 Å². The third kappa shape index (κ3) is 5.82. The van der Waals surface area contributed by atoms with Crippen molar-refractivity contribution in [2.24, 2.45) is 0 Å². The van der Waals surface area contributed by atoms with Crippen molar-refractivity contribution in [3.63, 3.8) is 0 Å². The maximum Gasteiger partial charge on any atom is 0.410 e. The van der Waals surface area contributed by atoms with Crippen molar-refractivity contribution >= 4 is 32.4 Å². The summed E-state index contributed by atoms with van der Waals surface area (Å²) in [4.78, 5) is 28.4. The minimum Gasteiger partial charge on any atom is -0.444 e. The fourth-order valence-corrected chi connectivity index (χ4v) is 4.08. The number of carbonyl (C=O) groups is 2. The Balaban J connectivity index is 1.61. The molecular weight excluding hydrogens is 436 g/mol. The van der Waals surface area contributed by atoms with E-state index in [1.165, 1.54) is 5.57 Å². The molecule has 7 heteroatoms. The van der Waals surface area contributed by atoms with Gasteiger partial charge in [0, 0.05) is 36.2 Å². The molecule has 0 bridgehead atoms. The molecule has 1 aromatic carbocycles. The fourth-order valence-electron chi connectivity index (χ4n) is 3.42. The average Bonchev–Trinajstić information content (AvgIpc) is 2.72. The van der Waals surface area contributed by atoms with Gasteiger partial charge in [-0.1, -0.05) is 33.6 Å². The first kappa shape index (κ1) is 21.8. The first-order chi connectivity index (χ1) is 13.7. The van der Waals surface area contributed by atoms with Crippen molar-refractivity contribution in [1.29, 1.82) is 0 Å². The number of carbonyl (C=O) groups excluding carboxylic acids is 2. The molecule has 0 saturated carbocycles. The first-order valence-corrected chi connectivity index (χ1v) is 10.9. The van der Waals surface area contributed by atoms with Crippen molar-refractivity contribution in [1.82, 2.24) is 9.80 Å². The summed E-state index contributed by atoms with van der Waals surface area (Å²) in [5, 5.41) is 0. The van der Waals surface area contributed by atoms with Crippen molar-refractivity contribution < 1.29 is 19.1 Å². The molecule has 0 atom stereocenters. The van der Waals surface area contributed by atoms with Crippen molar-refractivity contribution in [3.05, 3.63) is 41.0 Å². The van der Waals surface area contributed by atoms with Gasteiger partial charge in [-0.05, 0) is 51.3 Å². The van der Waals surface area contributed by atoms with Crippen LogP contribution in [0, 0.1) is 0 Å². The van der Waals surface area contributed by atoms with Crippen LogP contribution < -0.4 is 0 Å². The Morgan fingerprint density at radius 2 is 1.48 bits per heavy atom. The molecule has 2 saturated heterocycles. The lowest BCUT2D eigenvalue weighted by Crippen LogP contribution is -2.40. The second-order valence-electron chi connectivity index (χ2n) is 8.37. The smallest absolute Gasteiger partial charge is 0.410 e. The summed E-state index contributed by atoms with van der Waals surface area (Å²) >= 11 is 3.72. The number of morpholine rings is 1. The van der Waals surface area contributed by atoms with Gasteiger partial charge in [-0.3, -0.25) is 4.79 Å². The van der Waals surface area contributed by atoms with E-state index in [4.69, 9.17) is 9.47 Å². The third-order valence-electron chi connectivity index (χ3n) is 5.01. The number of likely N-dealkylation sites (tertiary alicyclic amines) is 1. The molecule has 0 N–H and O–H groups in total. The maximum absolute atomic E-state index is 12.6. The number of amides is 2. The molecule has 2 aliphatic rings. The summed E-state index contributed by atoms with van der Waals surface area (Å²) in [6.45, 7) is 9.41. The largest absolute Gasteiger partial charge is 0.444 e. The SMILES string of the molecule is CC(C)(C)OC(=O)N1CCC(=C(Br)c2ccc(C(=O)N3CCOCC3)cc2)CC1. The van der Waals surface area contributed by atoms with Crippen LogP contribution >= 0.6 is 15.9 Å². The zero-order valence-electron chi connectivity index (χ0n) is 17.4. The number of ether oxygens (including phenoxy) is 2. The van der Waals surface area contributed by atoms with Crippen molar-refractivity contribution in [2.45, 2.75) is 39.2 Å². The fraction of sp³-hybridized carbons (Fsp3) is 0.545. The van der Waals surface area contributed by atoms with Crippen LogP contribution in [-0.2, 0) is 9.47 Å². The summed E-state index contributed by atoms with van der Waals surface area (Å²) in [5.41, 5.74) is 2.54. The molecule has 29 heavy (non-hydrogen) atoms. The molecule has 2 heterocycles. The van der Waals surface area contributed by atoms with Gasteiger partial charge in [-0.2, -0.15) is 0 Å². The van der Waals surface area contributed by atoms with Gasteiger partial charge in [-0.15, -0.1) is 0 Å². The molecule has 0 aromatic heterocycles. The van der Waals surface area contributed by atoms with Crippen LogP contribution in [-0.4, -0.2) is 66.8 Å². The Morgan fingerprint density at radius 1 is 0.931 bits per heavy atom. The number of hydrogen-bond acceptors (Lipinski definition) is 4. The van der Waals surface area contributed by atoms with E-state index in [0.717, 1.165) is 22.9 Å². The monoisotopic (exact) mass is 464 g/mol. The molecule has 2 aliphatic heterocycles. The molecule has 0 spiro atoms. The van der Waals surface area contributed by atoms with Gasteiger partial charge in [0.25, 0.3) is 5.91 Å². The molecule has 1 aromatic rings. The molecule has 2 fully saturated rings. The Hall–Kier alpha value is -1.86. The normalized spacial score (nSPS) is 17.9. The zero-order valence-corrected chi connectivity index (χ0v) is 19.0. The Labute approximate surface area is 181 Å². The topological polar surface area (TPSA) is 59.1 Å². The second-order valence-corrected chi connectivity index (χ2v) is 9.16. The Kier molecular flexibility index (Phi) is 7.01. The lowest BCUT2D eigenvalue weighted by atomic mass is 10.0.